The maximum absolute atomic E-state index is 6.02. The van der Waals surface area contributed by atoms with Crippen molar-refractivity contribution >= 4 is 39.6 Å². The molecule has 0 radical (unpaired) electrons. The fourth-order valence-electron chi connectivity index (χ4n) is 1.97. The summed E-state index contributed by atoms with van der Waals surface area (Å²) in [7, 11) is 1.65. The summed E-state index contributed by atoms with van der Waals surface area (Å²) < 4.78 is 5.57. The topological polar surface area (TPSA) is 63.9 Å². The highest BCUT2D eigenvalue weighted by molar-refractivity contribution is 7.71. The van der Waals surface area contributed by atoms with E-state index in [1.54, 1.807) is 7.11 Å². The molecule has 0 aliphatic carbocycles. The van der Waals surface area contributed by atoms with E-state index >= 15 is 0 Å². The molecular weight excluding hydrogens is 278 g/mol. The zero-order valence-electron chi connectivity index (χ0n) is 10.1. The average molecular weight is 289 g/mol. The van der Waals surface area contributed by atoms with Crippen LogP contribution in [0.15, 0.2) is 29.6 Å². The Kier molecular flexibility index (Phi) is 2.96. The number of hydrogen-bond donors (Lipinski definition) is 2. The van der Waals surface area contributed by atoms with Gasteiger partial charge in [-0.3, -0.25) is 0 Å². The second-order valence-corrected chi connectivity index (χ2v) is 5.26. The molecule has 0 saturated heterocycles. The highest BCUT2D eigenvalue weighted by Crippen LogP contribution is 2.35. The minimum atomic E-state index is 0.410. The van der Waals surface area contributed by atoms with E-state index in [4.69, 9.17) is 22.7 Å². The molecule has 0 saturated carbocycles. The van der Waals surface area contributed by atoms with Crippen molar-refractivity contribution < 1.29 is 4.74 Å². The number of nitrogens with two attached hydrogens (primary N) is 1. The minimum absolute atomic E-state index is 0.410. The molecule has 3 aromatic rings. The summed E-state index contributed by atoms with van der Waals surface area (Å²) in [5.41, 5.74) is 8.15. The standard InChI is InChI=1S/C13H11N3OS2/c1-17-8-4-2-7(3-5-8)9-6-19-12-10(9)11(14)15-13(18)16-12/h2-6H,1H3,(H3,14,15,16,18). The van der Waals surface area contributed by atoms with Gasteiger partial charge in [-0.1, -0.05) is 12.1 Å². The van der Waals surface area contributed by atoms with E-state index in [9.17, 15) is 0 Å². The zero-order chi connectivity index (χ0) is 13.4. The SMILES string of the molecule is COc1ccc(-c2csc3nc(=S)[nH]c(N)c23)cc1. The molecule has 0 amide bonds. The largest absolute Gasteiger partial charge is 0.497 e. The molecule has 0 aliphatic rings. The van der Waals surface area contributed by atoms with Gasteiger partial charge in [0.25, 0.3) is 0 Å². The lowest BCUT2D eigenvalue weighted by molar-refractivity contribution is 0.415. The Morgan fingerprint density at radius 1 is 1.32 bits per heavy atom. The third-order valence-electron chi connectivity index (χ3n) is 2.89. The molecular formula is C13H11N3OS2. The van der Waals surface area contributed by atoms with Crippen molar-refractivity contribution in [2.24, 2.45) is 0 Å². The maximum atomic E-state index is 6.02. The van der Waals surface area contributed by atoms with Gasteiger partial charge in [-0.2, -0.15) is 0 Å². The lowest BCUT2D eigenvalue weighted by atomic mass is 10.1. The summed E-state index contributed by atoms with van der Waals surface area (Å²) in [6.45, 7) is 0. The van der Waals surface area contributed by atoms with Gasteiger partial charge in [0.05, 0.1) is 12.5 Å². The molecule has 6 heteroatoms. The first kappa shape index (κ1) is 12.1. The van der Waals surface area contributed by atoms with Crippen molar-refractivity contribution in [3.8, 4) is 16.9 Å². The van der Waals surface area contributed by atoms with Crippen molar-refractivity contribution in [2.45, 2.75) is 0 Å². The van der Waals surface area contributed by atoms with Gasteiger partial charge in [0.1, 0.15) is 16.4 Å². The fraction of sp³-hybridized carbons (Fsp3) is 0.0769. The number of thiophene rings is 1. The lowest BCUT2D eigenvalue weighted by Crippen LogP contribution is -1.93. The highest BCUT2D eigenvalue weighted by Gasteiger charge is 2.11. The Bertz CT molecular complexity index is 790. The third kappa shape index (κ3) is 2.09. The maximum Gasteiger partial charge on any atom is 0.199 e. The minimum Gasteiger partial charge on any atom is -0.497 e. The third-order valence-corrected chi connectivity index (χ3v) is 3.95. The molecule has 19 heavy (non-hydrogen) atoms. The number of hydrogen-bond acceptors (Lipinski definition) is 5. The predicted molar refractivity (Wildman–Crippen MR) is 81.2 cm³/mol. The van der Waals surface area contributed by atoms with Crippen LogP contribution >= 0.6 is 23.6 Å². The number of H-pyrrole nitrogens is 1. The highest BCUT2D eigenvalue weighted by atomic mass is 32.1. The van der Waals surface area contributed by atoms with Gasteiger partial charge >= 0.3 is 0 Å². The molecule has 96 valence electrons. The van der Waals surface area contributed by atoms with Crippen LogP contribution in [-0.2, 0) is 0 Å². The first-order valence-corrected chi connectivity index (χ1v) is 6.89. The lowest BCUT2D eigenvalue weighted by Gasteiger charge is -2.04. The van der Waals surface area contributed by atoms with E-state index in [0.717, 1.165) is 27.1 Å². The number of nitrogens with zero attached hydrogens (tertiary/aromatic N) is 1. The van der Waals surface area contributed by atoms with Gasteiger partial charge < -0.3 is 15.5 Å². The van der Waals surface area contributed by atoms with E-state index in [2.05, 4.69) is 9.97 Å². The first-order chi connectivity index (χ1) is 9.19. The molecule has 4 nitrogen and oxygen atoms in total. The normalized spacial score (nSPS) is 10.8. The van der Waals surface area contributed by atoms with Gasteiger partial charge in [0.15, 0.2) is 4.77 Å². The number of aromatic nitrogens is 2. The quantitative estimate of drug-likeness (QED) is 0.707. The molecule has 0 aliphatic heterocycles. The van der Waals surface area contributed by atoms with Crippen LogP contribution in [0, 0.1) is 4.77 Å². The second kappa shape index (κ2) is 4.64. The molecule has 3 N–H and O–H groups in total. The van der Waals surface area contributed by atoms with Crippen molar-refractivity contribution in [1.82, 2.24) is 9.97 Å². The van der Waals surface area contributed by atoms with Gasteiger partial charge in [-0.05, 0) is 29.9 Å². The Morgan fingerprint density at radius 3 is 2.74 bits per heavy atom. The van der Waals surface area contributed by atoms with Crippen LogP contribution in [0.25, 0.3) is 21.3 Å². The summed E-state index contributed by atoms with van der Waals surface area (Å²) in [6.07, 6.45) is 0. The smallest absolute Gasteiger partial charge is 0.199 e. The molecule has 0 atom stereocenters. The molecule has 0 fully saturated rings. The van der Waals surface area contributed by atoms with Crippen LogP contribution in [0.1, 0.15) is 0 Å². The molecule has 0 unspecified atom stereocenters. The van der Waals surface area contributed by atoms with Crippen molar-refractivity contribution in [3.63, 3.8) is 0 Å². The second-order valence-electron chi connectivity index (χ2n) is 4.01. The first-order valence-electron chi connectivity index (χ1n) is 5.60. The van der Waals surface area contributed by atoms with Crippen molar-refractivity contribution in [2.75, 3.05) is 12.8 Å². The molecule has 2 aromatic heterocycles. The van der Waals surface area contributed by atoms with E-state index in [0.29, 0.717) is 10.6 Å². The number of fused-ring (bicyclic) bond motifs is 1. The monoisotopic (exact) mass is 289 g/mol. The van der Waals surface area contributed by atoms with Gasteiger partial charge in [-0.25, -0.2) is 4.98 Å². The van der Waals surface area contributed by atoms with E-state index in [1.165, 1.54) is 11.3 Å². The summed E-state index contributed by atoms with van der Waals surface area (Å²) in [5.74, 6) is 1.39. The number of rotatable bonds is 2. The number of nitrogens with one attached hydrogen (secondary N) is 1. The van der Waals surface area contributed by atoms with Gasteiger partial charge in [-0.15, -0.1) is 11.3 Å². The number of methoxy groups -OCH3 is 1. The fourth-order valence-corrected chi connectivity index (χ4v) is 3.20. The number of ether oxygens (including phenoxy) is 1. The number of anilines is 1. The summed E-state index contributed by atoms with van der Waals surface area (Å²) in [5, 5.41) is 2.96. The van der Waals surface area contributed by atoms with Gasteiger partial charge in [0, 0.05) is 10.9 Å². The van der Waals surface area contributed by atoms with Crippen LogP contribution in [0.3, 0.4) is 0 Å². The Balaban J connectivity index is 2.22. The summed E-state index contributed by atoms with van der Waals surface area (Å²) in [6, 6.07) is 7.85. The molecule has 3 rings (SSSR count). The summed E-state index contributed by atoms with van der Waals surface area (Å²) >= 11 is 6.57. The summed E-state index contributed by atoms with van der Waals surface area (Å²) in [4.78, 5) is 8.04. The number of benzene rings is 1. The van der Waals surface area contributed by atoms with Crippen LogP contribution in [0.4, 0.5) is 5.82 Å². The van der Waals surface area contributed by atoms with E-state index in [1.807, 2.05) is 29.6 Å². The molecule has 0 bridgehead atoms. The van der Waals surface area contributed by atoms with E-state index < -0.39 is 0 Å². The van der Waals surface area contributed by atoms with Crippen molar-refractivity contribution in [1.29, 1.82) is 0 Å². The van der Waals surface area contributed by atoms with Crippen LogP contribution < -0.4 is 10.5 Å². The van der Waals surface area contributed by atoms with Crippen LogP contribution in [-0.4, -0.2) is 17.1 Å². The zero-order valence-corrected chi connectivity index (χ0v) is 11.8. The molecule has 1 aromatic carbocycles. The average Bonchev–Trinajstić information content (AvgIpc) is 2.83. The Morgan fingerprint density at radius 2 is 2.05 bits per heavy atom. The molecule has 2 heterocycles. The molecule has 0 spiro atoms. The van der Waals surface area contributed by atoms with Crippen molar-refractivity contribution in [3.05, 3.63) is 34.4 Å². The Labute approximate surface area is 118 Å². The Hall–Kier alpha value is -1.92. The number of nitrogen functional groups attached to an aromatic ring is 1. The predicted octanol–water partition coefficient (Wildman–Crippen LogP) is 3.61. The van der Waals surface area contributed by atoms with E-state index in [-0.39, 0.29) is 0 Å². The van der Waals surface area contributed by atoms with Crippen LogP contribution in [0.2, 0.25) is 0 Å². The van der Waals surface area contributed by atoms with Gasteiger partial charge in [0.2, 0.25) is 0 Å². The van der Waals surface area contributed by atoms with Crippen LogP contribution in [0.5, 0.6) is 5.75 Å². The number of aromatic amines is 1.